The molecule has 1 aliphatic rings. The van der Waals surface area contributed by atoms with E-state index in [1.165, 1.54) is 24.2 Å². The van der Waals surface area contributed by atoms with E-state index in [-0.39, 0.29) is 5.97 Å². The third kappa shape index (κ3) is 2.72. The predicted octanol–water partition coefficient (Wildman–Crippen LogP) is 2.72. The SMILES string of the molecule is CCOC(=O)c1sc(NC2CC2CC)cc1N. The lowest BCUT2D eigenvalue weighted by molar-refractivity contribution is 0.0533. The minimum Gasteiger partial charge on any atom is -0.462 e. The fourth-order valence-corrected chi connectivity index (χ4v) is 2.83. The van der Waals surface area contributed by atoms with Gasteiger partial charge in [-0.05, 0) is 25.3 Å². The molecule has 3 N–H and O–H groups in total. The van der Waals surface area contributed by atoms with Crippen molar-refractivity contribution in [2.45, 2.75) is 32.7 Å². The summed E-state index contributed by atoms with van der Waals surface area (Å²) in [5.41, 5.74) is 6.31. The zero-order valence-electron chi connectivity index (χ0n) is 10.2. The summed E-state index contributed by atoms with van der Waals surface area (Å²) in [6.07, 6.45) is 2.41. The molecule has 2 atom stereocenters. The van der Waals surface area contributed by atoms with Gasteiger partial charge in [-0.25, -0.2) is 4.79 Å². The lowest BCUT2D eigenvalue weighted by atomic mass is 10.3. The van der Waals surface area contributed by atoms with Crippen LogP contribution < -0.4 is 11.1 Å². The zero-order valence-corrected chi connectivity index (χ0v) is 11.0. The molecule has 0 bridgehead atoms. The molecule has 4 nitrogen and oxygen atoms in total. The van der Waals surface area contributed by atoms with Gasteiger partial charge in [0.15, 0.2) is 0 Å². The summed E-state index contributed by atoms with van der Waals surface area (Å²) in [7, 11) is 0. The Balaban J connectivity index is 2.01. The van der Waals surface area contributed by atoms with Crippen LogP contribution in [0.25, 0.3) is 0 Å². The summed E-state index contributed by atoms with van der Waals surface area (Å²) in [6, 6.07) is 2.37. The van der Waals surface area contributed by atoms with Crippen molar-refractivity contribution in [3.05, 3.63) is 10.9 Å². The number of nitrogens with two attached hydrogens (primary N) is 1. The van der Waals surface area contributed by atoms with E-state index in [0.717, 1.165) is 10.9 Å². The molecule has 0 aromatic carbocycles. The lowest BCUT2D eigenvalue weighted by Crippen LogP contribution is -2.04. The van der Waals surface area contributed by atoms with E-state index in [0.29, 0.717) is 23.2 Å². The molecule has 2 rings (SSSR count). The molecule has 5 heteroatoms. The van der Waals surface area contributed by atoms with Crippen molar-refractivity contribution in [3.63, 3.8) is 0 Å². The lowest BCUT2D eigenvalue weighted by Gasteiger charge is -2.00. The van der Waals surface area contributed by atoms with Crippen molar-refractivity contribution < 1.29 is 9.53 Å². The number of rotatable bonds is 5. The Morgan fingerprint density at radius 1 is 1.65 bits per heavy atom. The number of carbonyl (C=O) groups excluding carboxylic acids is 1. The van der Waals surface area contributed by atoms with Crippen LogP contribution in [0, 0.1) is 5.92 Å². The second-order valence-electron chi connectivity index (χ2n) is 4.27. The molecule has 0 saturated heterocycles. The molecule has 2 unspecified atom stereocenters. The number of hydrogen-bond acceptors (Lipinski definition) is 5. The normalized spacial score (nSPS) is 22.2. The Bertz CT molecular complexity index is 417. The number of thiophene rings is 1. The summed E-state index contributed by atoms with van der Waals surface area (Å²) in [5, 5.41) is 4.37. The van der Waals surface area contributed by atoms with Crippen LogP contribution in [0.3, 0.4) is 0 Å². The van der Waals surface area contributed by atoms with Crippen molar-refractivity contribution in [3.8, 4) is 0 Å². The largest absolute Gasteiger partial charge is 0.462 e. The minimum absolute atomic E-state index is 0.328. The molecular formula is C12H18N2O2S. The second kappa shape index (κ2) is 4.96. The van der Waals surface area contributed by atoms with Gasteiger partial charge in [0, 0.05) is 6.04 Å². The molecule has 0 aliphatic heterocycles. The second-order valence-corrected chi connectivity index (χ2v) is 5.32. The number of ether oxygens (including phenoxy) is 1. The van der Waals surface area contributed by atoms with Crippen molar-refractivity contribution in [1.29, 1.82) is 0 Å². The Morgan fingerprint density at radius 2 is 2.41 bits per heavy atom. The highest BCUT2D eigenvalue weighted by Gasteiger charge is 2.35. The van der Waals surface area contributed by atoms with Gasteiger partial charge in [-0.2, -0.15) is 0 Å². The number of nitrogens with one attached hydrogen (secondary N) is 1. The molecule has 0 amide bonds. The van der Waals surface area contributed by atoms with Crippen LogP contribution in [0.15, 0.2) is 6.07 Å². The van der Waals surface area contributed by atoms with E-state index in [1.807, 2.05) is 6.07 Å². The summed E-state index contributed by atoms with van der Waals surface area (Å²) in [6.45, 7) is 4.36. The first-order valence-corrected chi connectivity index (χ1v) is 6.80. The molecule has 0 radical (unpaired) electrons. The Morgan fingerprint density at radius 3 is 3.00 bits per heavy atom. The van der Waals surface area contributed by atoms with Crippen LogP contribution in [0.4, 0.5) is 10.7 Å². The quantitative estimate of drug-likeness (QED) is 0.793. The third-order valence-corrected chi connectivity index (χ3v) is 4.06. The molecule has 1 aliphatic carbocycles. The molecule has 94 valence electrons. The first kappa shape index (κ1) is 12.2. The number of hydrogen-bond donors (Lipinski definition) is 2. The van der Waals surface area contributed by atoms with E-state index < -0.39 is 0 Å². The van der Waals surface area contributed by atoms with Gasteiger partial charge in [0.25, 0.3) is 0 Å². The highest BCUT2D eigenvalue weighted by atomic mass is 32.1. The predicted molar refractivity (Wildman–Crippen MR) is 70.5 cm³/mol. The van der Waals surface area contributed by atoms with Gasteiger partial charge in [0.2, 0.25) is 0 Å². The van der Waals surface area contributed by atoms with E-state index >= 15 is 0 Å². The standard InChI is InChI=1S/C12H18N2O2S/c1-3-7-5-9(7)14-10-6-8(13)11(17-10)12(15)16-4-2/h6-7,9,14H,3-5,13H2,1-2H3. The average molecular weight is 254 g/mol. The average Bonchev–Trinajstić information content (AvgIpc) is 2.93. The number of anilines is 2. The molecule has 1 aromatic rings. The fourth-order valence-electron chi connectivity index (χ4n) is 1.89. The van der Waals surface area contributed by atoms with Crippen LogP contribution in [-0.2, 0) is 4.74 Å². The van der Waals surface area contributed by atoms with Gasteiger partial charge >= 0.3 is 5.97 Å². The monoisotopic (exact) mass is 254 g/mol. The van der Waals surface area contributed by atoms with Crippen LogP contribution >= 0.6 is 11.3 Å². The van der Waals surface area contributed by atoms with Crippen molar-refractivity contribution in [1.82, 2.24) is 0 Å². The minimum atomic E-state index is -0.328. The van der Waals surface area contributed by atoms with E-state index in [4.69, 9.17) is 10.5 Å². The van der Waals surface area contributed by atoms with Crippen LogP contribution in [0.2, 0.25) is 0 Å². The van der Waals surface area contributed by atoms with Gasteiger partial charge in [0.05, 0.1) is 17.3 Å². The van der Waals surface area contributed by atoms with Crippen LogP contribution in [0.5, 0.6) is 0 Å². The molecule has 1 aromatic heterocycles. The Kier molecular flexibility index (Phi) is 3.57. The van der Waals surface area contributed by atoms with Gasteiger partial charge in [0.1, 0.15) is 4.88 Å². The molecular weight excluding hydrogens is 236 g/mol. The zero-order chi connectivity index (χ0) is 12.4. The van der Waals surface area contributed by atoms with Gasteiger partial charge in [-0.15, -0.1) is 11.3 Å². The van der Waals surface area contributed by atoms with Crippen molar-refractivity contribution in [2.24, 2.45) is 5.92 Å². The van der Waals surface area contributed by atoms with E-state index in [9.17, 15) is 4.79 Å². The first-order chi connectivity index (χ1) is 8.15. The third-order valence-electron chi connectivity index (χ3n) is 3.00. The molecule has 1 heterocycles. The highest BCUT2D eigenvalue weighted by Crippen LogP contribution is 2.39. The smallest absolute Gasteiger partial charge is 0.350 e. The Hall–Kier alpha value is -1.23. The fraction of sp³-hybridized carbons (Fsp3) is 0.583. The number of nitrogen functional groups attached to an aromatic ring is 1. The molecule has 1 fully saturated rings. The maximum Gasteiger partial charge on any atom is 0.350 e. The topological polar surface area (TPSA) is 64.3 Å². The number of carbonyl (C=O) groups is 1. The highest BCUT2D eigenvalue weighted by molar-refractivity contribution is 7.18. The van der Waals surface area contributed by atoms with Gasteiger partial charge < -0.3 is 15.8 Å². The summed E-state index contributed by atoms with van der Waals surface area (Å²) < 4.78 is 4.95. The van der Waals surface area contributed by atoms with Gasteiger partial charge in [-0.3, -0.25) is 0 Å². The molecule has 0 spiro atoms. The van der Waals surface area contributed by atoms with Crippen molar-refractivity contribution >= 4 is 28.0 Å². The molecule has 1 saturated carbocycles. The maximum atomic E-state index is 11.6. The number of esters is 1. The maximum absolute atomic E-state index is 11.6. The summed E-state index contributed by atoms with van der Waals surface area (Å²) >= 11 is 1.38. The van der Waals surface area contributed by atoms with Crippen LogP contribution in [0.1, 0.15) is 36.4 Å². The molecule has 17 heavy (non-hydrogen) atoms. The summed E-state index contributed by atoms with van der Waals surface area (Å²) in [5.74, 6) is 0.440. The van der Waals surface area contributed by atoms with Gasteiger partial charge in [-0.1, -0.05) is 13.3 Å². The van der Waals surface area contributed by atoms with Crippen LogP contribution in [-0.4, -0.2) is 18.6 Å². The summed E-state index contributed by atoms with van der Waals surface area (Å²) in [4.78, 5) is 12.1. The van der Waals surface area contributed by atoms with E-state index in [1.54, 1.807) is 6.92 Å². The van der Waals surface area contributed by atoms with E-state index in [2.05, 4.69) is 12.2 Å². The van der Waals surface area contributed by atoms with Crippen molar-refractivity contribution in [2.75, 3.05) is 17.7 Å². The first-order valence-electron chi connectivity index (χ1n) is 5.98. The Labute approximate surface area is 105 Å².